The van der Waals surface area contributed by atoms with Crippen LogP contribution in [0.4, 0.5) is 0 Å². The smallest absolute Gasteiger partial charge is 0.244 e. The summed E-state index contributed by atoms with van der Waals surface area (Å²) < 4.78 is 0. The number of rotatable bonds is 5. The SMILES string of the molecule is Cc1ccc(CC(=O)N/N=C\C=C\c2ccccc2)c(C)c1. The summed E-state index contributed by atoms with van der Waals surface area (Å²) in [5.41, 5.74) is 6.99. The van der Waals surface area contributed by atoms with Crippen LogP contribution in [-0.4, -0.2) is 12.1 Å². The second-order valence-electron chi connectivity index (χ2n) is 5.19. The molecule has 0 aliphatic heterocycles. The van der Waals surface area contributed by atoms with Crippen molar-refractivity contribution in [3.05, 3.63) is 76.9 Å². The van der Waals surface area contributed by atoms with E-state index in [0.29, 0.717) is 6.42 Å². The van der Waals surface area contributed by atoms with E-state index in [-0.39, 0.29) is 5.91 Å². The van der Waals surface area contributed by atoms with Crippen molar-refractivity contribution in [1.82, 2.24) is 5.43 Å². The number of benzene rings is 2. The number of aryl methyl sites for hydroxylation is 2. The first kappa shape index (κ1) is 15.7. The van der Waals surface area contributed by atoms with Gasteiger partial charge in [-0.3, -0.25) is 4.79 Å². The Morgan fingerprint density at radius 2 is 1.91 bits per heavy atom. The summed E-state index contributed by atoms with van der Waals surface area (Å²) in [6.45, 7) is 4.06. The van der Waals surface area contributed by atoms with Crippen molar-refractivity contribution in [2.24, 2.45) is 5.10 Å². The number of amides is 1. The molecule has 0 heterocycles. The van der Waals surface area contributed by atoms with Gasteiger partial charge in [0.05, 0.1) is 6.42 Å². The van der Waals surface area contributed by atoms with Crippen LogP contribution in [0.15, 0.2) is 59.7 Å². The zero-order chi connectivity index (χ0) is 15.8. The minimum atomic E-state index is -0.115. The Hall–Kier alpha value is -2.68. The number of nitrogens with one attached hydrogen (secondary N) is 1. The normalized spacial score (nSPS) is 11.2. The van der Waals surface area contributed by atoms with E-state index in [9.17, 15) is 4.79 Å². The molecule has 1 amide bonds. The second kappa shape index (κ2) is 7.93. The summed E-state index contributed by atoms with van der Waals surface area (Å²) in [4.78, 5) is 11.8. The quantitative estimate of drug-likeness (QED) is 0.663. The van der Waals surface area contributed by atoms with Gasteiger partial charge in [0, 0.05) is 6.21 Å². The molecule has 1 N–H and O–H groups in total. The van der Waals surface area contributed by atoms with E-state index >= 15 is 0 Å². The summed E-state index contributed by atoms with van der Waals surface area (Å²) in [5.74, 6) is -0.115. The van der Waals surface area contributed by atoms with Crippen LogP contribution in [0.1, 0.15) is 22.3 Å². The van der Waals surface area contributed by atoms with Gasteiger partial charge in [0.2, 0.25) is 5.91 Å². The molecule has 3 heteroatoms. The molecule has 0 bridgehead atoms. The lowest BCUT2D eigenvalue weighted by Crippen LogP contribution is -2.20. The molecule has 2 aromatic rings. The van der Waals surface area contributed by atoms with E-state index in [1.165, 1.54) is 5.56 Å². The fourth-order valence-electron chi connectivity index (χ4n) is 2.13. The molecule has 0 spiro atoms. The average Bonchev–Trinajstić information content (AvgIpc) is 2.51. The van der Waals surface area contributed by atoms with Gasteiger partial charge in [-0.05, 0) is 36.6 Å². The first-order chi connectivity index (χ1) is 10.6. The Kier molecular flexibility index (Phi) is 5.66. The van der Waals surface area contributed by atoms with Gasteiger partial charge in [-0.2, -0.15) is 5.10 Å². The molecular formula is C19H20N2O. The Balaban J connectivity index is 1.82. The summed E-state index contributed by atoms with van der Waals surface area (Å²) >= 11 is 0. The van der Waals surface area contributed by atoms with Crippen LogP contribution in [0.25, 0.3) is 6.08 Å². The monoisotopic (exact) mass is 292 g/mol. The minimum Gasteiger partial charge on any atom is -0.273 e. The lowest BCUT2D eigenvalue weighted by atomic mass is 10.0. The van der Waals surface area contributed by atoms with Gasteiger partial charge in [0.1, 0.15) is 0 Å². The highest BCUT2D eigenvalue weighted by atomic mass is 16.2. The van der Waals surface area contributed by atoms with Crippen molar-refractivity contribution < 1.29 is 4.79 Å². The van der Waals surface area contributed by atoms with E-state index in [2.05, 4.69) is 16.6 Å². The number of hydrazone groups is 1. The molecule has 3 nitrogen and oxygen atoms in total. The Labute approximate surface area is 131 Å². The lowest BCUT2D eigenvalue weighted by Gasteiger charge is -2.05. The molecule has 0 atom stereocenters. The van der Waals surface area contributed by atoms with Gasteiger partial charge < -0.3 is 0 Å². The van der Waals surface area contributed by atoms with Gasteiger partial charge in [-0.1, -0.05) is 60.2 Å². The molecule has 0 saturated heterocycles. The van der Waals surface area contributed by atoms with Crippen LogP contribution in [0, 0.1) is 13.8 Å². The topological polar surface area (TPSA) is 41.5 Å². The highest BCUT2D eigenvalue weighted by Gasteiger charge is 2.04. The fraction of sp³-hybridized carbons (Fsp3) is 0.158. The third-order valence-electron chi connectivity index (χ3n) is 3.29. The van der Waals surface area contributed by atoms with E-state index in [1.54, 1.807) is 12.3 Å². The van der Waals surface area contributed by atoms with Gasteiger partial charge in [-0.25, -0.2) is 5.43 Å². The van der Waals surface area contributed by atoms with Crippen LogP contribution in [0.2, 0.25) is 0 Å². The maximum absolute atomic E-state index is 11.8. The Bertz CT molecular complexity index is 688. The molecule has 0 fully saturated rings. The molecule has 0 aliphatic rings. The maximum Gasteiger partial charge on any atom is 0.244 e. The Morgan fingerprint density at radius 1 is 1.14 bits per heavy atom. The summed E-state index contributed by atoms with van der Waals surface area (Å²) in [5, 5.41) is 3.92. The van der Waals surface area contributed by atoms with E-state index < -0.39 is 0 Å². The van der Waals surface area contributed by atoms with E-state index in [4.69, 9.17) is 0 Å². The number of carbonyl (C=O) groups is 1. The molecule has 0 aromatic heterocycles. The predicted octanol–water partition coefficient (Wildman–Crippen LogP) is 3.66. The molecule has 0 saturated carbocycles. The van der Waals surface area contributed by atoms with E-state index in [1.807, 2.05) is 62.4 Å². The van der Waals surface area contributed by atoms with Gasteiger partial charge in [0.15, 0.2) is 0 Å². The Morgan fingerprint density at radius 3 is 2.64 bits per heavy atom. The number of hydrogen-bond acceptors (Lipinski definition) is 2. The van der Waals surface area contributed by atoms with Crippen molar-refractivity contribution in [3.63, 3.8) is 0 Å². The van der Waals surface area contributed by atoms with Gasteiger partial charge in [0.25, 0.3) is 0 Å². The third-order valence-corrected chi connectivity index (χ3v) is 3.29. The molecule has 22 heavy (non-hydrogen) atoms. The van der Waals surface area contributed by atoms with Crippen LogP contribution in [-0.2, 0) is 11.2 Å². The predicted molar refractivity (Wildman–Crippen MR) is 91.7 cm³/mol. The standard InChI is InChI=1S/C19H20N2O/c1-15-10-11-18(16(2)13-15)14-19(22)21-20-12-6-9-17-7-4-3-5-8-17/h3-13H,14H2,1-2H3,(H,21,22)/b9-6+,20-12-. The summed E-state index contributed by atoms with van der Waals surface area (Å²) in [6, 6.07) is 16.0. The summed E-state index contributed by atoms with van der Waals surface area (Å²) in [6.07, 6.45) is 5.64. The minimum absolute atomic E-state index is 0.115. The molecule has 0 radical (unpaired) electrons. The van der Waals surface area contributed by atoms with Crippen LogP contribution < -0.4 is 5.43 Å². The second-order valence-corrected chi connectivity index (χ2v) is 5.19. The first-order valence-electron chi connectivity index (χ1n) is 7.25. The van der Waals surface area contributed by atoms with Crippen molar-refractivity contribution in [2.75, 3.05) is 0 Å². The van der Waals surface area contributed by atoms with Gasteiger partial charge >= 0.3 is 0 Å². The molecular weight excluding hydrogens is 272 g/mol. The fourth-order valence-corrected chi connectivity index (χ4v) is 2.13. The number of allylic oxidation sites excluding steroid dienone is 1. The molecule has 0 unspecified atom stereocenters. The van der Waals surface area contributed by atoms with E-state index in [0.717, 1.165) is 16.7 Å². The number of hydrogen-bond donors (Lipinski definition) is 1. The highest BCUT2D eigenvalue weighted by molar-refractivity contribution is 5.82. The molecule has 2 rings (SSSR count). The van der Waals surface area contributed by atoms with Gasteiger partial charge in [-0.15, -0.1) is 0 Å². The molecule has 0 aliphatic carbocycles. The number of nitrogens with zero attached hydrogens (tertiary/aromatic N) is 1. The van der Waals surface area contributed by atoms with Crippen LogP contribution in [0.3, 0.4) is 0 Å². The zero-order valence-electron chi connectivity index (χ0n) is 12.9. The molecule has 112 valence electrons. The first-order valence-corrected chi connectivity index (χ1v) is 7.25. The highest BCUT2D eigenvalue weighted by Crippen LogP contribution is 2.10. The third kappa shape index (κ3) is 5.02. The number of carbonyl (C=O) groups excluding carboxylic acids is 1. The molecule has 2 aromatic carbocycles. The van der Waals surface area contributed by atoms with Crippen LogP contribution >= 0.6 is 0 Å². The average molecular weight is 292 g/mol. The largest absolute Gasteiger partial charge is 0.273 e. The van der Waals surface area contributed by atoms with Crippen molar-refractivity contribution in [1.29, 1.82) is 0 Å². The van der Waals surface area contributed by atoms with Crippen molar-refractivity contribution >= 4 is 18.2 Å². The van der Waals surface area contributed by atoms with Crippen LogP contribution in [0.5, 0.6) is 0 Å². The zero-order valence-corrected chi connectivity index (χ0v) is 12.9. The maximum atomic E-state index is 11.8. The summed E-state index contributed by atoms with van der Waals surface area (Å²) in [7, 11) is 0. The lowest BCUT2D eigenvalue weighted by molar-refractivity contribution is -0.120. The van der Waals surface area contributed by atoms with Crippen molar-refractivity contribution in [3.8, 4) is 0 Å². The van der Waals surface area contributed by atoms with Crippen molar-refractivity contribution in [2.45, 2.75) is 20.3 Å².